The average Bonchev–Trinajstić information content (AvgIpc) is 3.87. The third-order valence-electron chi connectivity index (χ3n) is 11.7. The monoisotopic (exact) mass is 920 g/mol. The van der Waals surface area contributed by atoms with Crippen LogP contribution in [0, 0.1) is 26.1 Å². The van der Waals surface area contributed by atoms with Crippen LogP contribution in [-0.4, -0.2) is 59.7 Å². The number of Topliss-reactive ketones (excluding diaryl/α,β-unsaturated/α-hetero) is 2. The smallest absolute Gasteiger partial charge is 0.269 e. The molecule has 0 radical (unpaired) electrons. The van der Waals surface area contributed by atoms with Crippen molar-refractivity contribution in [1.29, 1.82) is 0 Å². The molecule has 0 spiro atoms. The van der Waals surface area contributed by atoms with Crippen LogP contribution < -0.4 is 10.0 Å². The minimum Gasteiger partial charge on any atom is -0.388 e. The van der Waals surface area contributed by atoms with Gasteiger partial charge in [-0.05, 0) is 105 Å². The fourth-order valence-corrected chi connectivity index (χ4v) is 8.83. The molecule has 0 unspecified atom stereocenters. The Morgan fingerprint density at radius 3 is 1.75 bits per heavy atom. The van der Waals surface area contributed by atoms with E-state index < -0.39 is 37.9 Å². The van der Waals surface area contributed by atoms with Crippen molar-refractivity contribution in [2.24, 2.45) is 5.92 Å². The highest BCUT2D eigenvalue weighted by Crippen LogP contribution is 2.32. The number of amides is 1. The van der Waals surface area contributed by atoms with Gasteiger partial charge in [-0.15, -0.1) is 0 Å². The van der Waals surface area contributed by atoms with Gasteiger partial charge in [-0.25, -0.2) is 13.1 Å². The molecule has 3 N–H and O–H groups in total. The van der Waals surface area contributed by atoms with Crippen LogP contribution in [0.2, 0.25) is 0 Å². The predicted octanol–water partition coefficient (Wildman–Crippen LogP) is 10.0. The van der Waals surface area contributed by atoms with Crippen molar-refractivity contribution < 1.29 is 42.5 Å². The second-order valence-electron chi connectivity index (χ2n) is 16.9. The zero-order valence-electron chi connectivity index (χ0n) is 37.8. The van der Waals surface area contributed by atoms with Gasteiger partial charge < -0.3 is 10.4 Å². The molecule has 65 heavy (non-hydrogen) atoms. The van der Waals surface area contributed by atoms with Gasteiger partial charge in [0.05, 0.1) is 26.9 Å². The molecule has 3 aromatic carbocycles. The van der Waals surface area contributed by atoms with E-state index in [4.69, 9.17) is 0 Å². The third kappa shape index (κ3) is 20.7. The molecule has 0 bridgehead atoms. The molecular weight excluding hydrogens is 853 g/mol. The van der Waals surface area contributed by atoms with Gasteiger partial charge in [0.25, 0.3) is 27.3 Å². The van der Waals surface area contributed by atoms with E-state index in [1.54, 1.807) is 12.1 Å². The first kappa shape index (κ1) is 54.1. The highest BCUT2D eigenvalue weighted by Gasteiger charge is 2.30. The first-order valence-electron chi connectivity index (χ1n) is 23.3. The summed E-state index contributed by atoms with van der Waals surface area (Å²) < 4.78 is 27.0. The summed E-state index contributed by atoms with van der Waals surface area (Å²) in [6.45, 7) is 3.01. The first-order chi connectivity index (χ1) is 31.2. The zero-order valence-corrected chi connectivity index (χ0v) is 38.6. The number of sulfonamides is 1. The quantitative estimate of drug-likeness (QED) is 0.0441. The summed E-state index contributed by atoms with van der Waals surface area (Å²) in [7, 11) is -3.80. The van der Waals surface area contributed by atoms with Crippen molar-refractivity contribution >= 4 is 45.2 Å². The number of nitrogens with one attached hydrogen (secondary N) is 2. The van der Waals surface area contributed by atoms with E-state index in [9.17, 15) is 52.9 Å². The number of non-ortho nitro benzene ring substituents is 2. The number of benzene rings is 3. The largest absolute Gasteiger partial charge is 0.388 e. The molecule has 356 valence electrons. The number of carbonyl (C=O) groups is 4. The normalized spacial score (nSPS) is 17.4. The second-order valence-corrected chi connectivity index (χ2v) is 18.6. The predicted molar refractivity (Wildman–Crippen MR) is 250 cm³/mol. The van der Waals surface area contributed by atoms with E-state index in [1.807, 2.05) is 12.1 Å². The highest BCUT2D eigenvalue weighted by atomic mass is 32.2. The second kappa shape index (κ2) is 30.1. The zero-order chi connectivity index (χ0) is 47.5. The summed E-state index contributed by atoms with van der Waals surface area (Å²) >= 11 is 0. The van der Waals surface area contributed by atoms with Gasteiger partial charge in [0.15, 0.2) is 0 Å². The number of rotatable bonds is 19. The summed E-state index contributed by atoms with van der Waals surface area (Å²) in [5, 5.41) is 33.8. The number of hydrogen-bond donors (Lipinski definition) is 3. The maximum absolute atomic E-state index is 12.4. The summed E-state index contributed by atoms with van der Waals surface area (Å²) in [6.07, 6.45) is 23.7. The third-order valence-corrected chi connectivity index (χ3v) is 13.1. The number of aldehydes is 1. The molecule has 1 aliphatic heterocycles. The van der Waals surface area contributed by atoms with Gasteiger partial charge in [-0.2, -0.15) is 0 Å². The van der Waals surface area contributed by atoms with E-state index in [0.717, 1.165) is 69.9 Å². The van der Waals surface area contributed by atoms with Crippen LogP contribution in [0.3, 0.4) is 0 Å². The number of nitrogens with zero attached hydrogens (tertiary/aromatic N) is 2. The van der Waals surface area contributed by atoms with Crippen molar-refractivity contribution in [3.8, 4) is 0 Å². The summed E-state index contributed by atoms with van der Waals surface area (Å²) in [6, 6.07) is 17.7. The van der Waals surface area contributed by atoms with Crippen LogP contribution in [0.4, 0.5) is 11.4 Å². The minimum absolute atomic E-state index is 0.00407. The number of hydrogen-bond acceptors (Lipinski definition) is 12. The first-order valence-corrected chi connectivity index (χ1v) is 24.8. The van der Waals surface area contributed by atoms with Crippen LogP contribution >= 0.6 is 0 Å². The lowest BCUT2D eigenvalue weighted by atomic mass is 9.82. The lowest BCUT2D eigenvalue weighted by molar-refractivity contribution is -0.385. The summed E-state index contributed by atoms with van der Waals surface area (Å²) in [5.74, 6) is -0.268. The van der Waals surface area contributed by atoms with E-state index in [1.165, 1.54) is 113 Å². The molecule has 3 atom stereocenters. The SMILES string of the molecule is CCCCCCCCCCCCc1ccc(S(=O)(=O)NC(=O)[C@@H]2CCCN2)cc1.O=C1CCCCC1.O=C1CCCC[C@H]1[C@@H](O)c1ccc([N+](=O)[O-])cc1.O=Cc1ccc([N+](=O)[O-])cc1. The molecule has 1 saturated heterocycles. The molecule has 2 saturated carbocycles. The van der Waals surface area contributed by atoms with Gasteiger partial charge >= 0.3 is 0 Å². The molecule has 0 aromatic heterocycles. The summed E-state index contributed by atoms with van der Waals surface area (Å²) in [5.41, 5.74) is 2.14. The van der Waals surface area contributed by atoms with E-state index in [-0.39, 0.29) is 28.0 Å². The van der Waals surface area contributed by atoms with Crippen molar-refractivity contribution in [1.82, 2.24) is 10.0 Å². The van der Waals surface area contributed by atoms with Gasteiger partial charge in [-0.1, -0.05) is 89.7 Å². The van der Waals surface area contributed by atoms with E-state index >= 15 is 0 Å². The van der Waals surface area contributed by atoms with Crippen molar-refractivity contribution in [3.63, 3.8) is 0 Å². The van der Waals surface area contributed by atoms with Gasteiger partial charge in [0.2, 0.25) is 0 Å². The molecule has 1 heterocycles. The molecule has 2 aliphatic carbocycles. The van der Waals surface area contributed by atoms with Crippen molar-refractivity contribution in [3.05, 3.63) is 110 Å². The van der Waals surface area contributed by atoms with Crippen LogP contribution in [0.5, 0.6) is 0 Å². The van der Waals surface area contributed by atoms with E-state index in [0.29, 0.717) is 42.5 Å². The van der Waals surface area contributed by atoms with Gasteiger partial charge in [0.1, 0.15) is 17.9 Å². The van der Waals surface area contributed by atoms with Crippen LogP contribution in [0.25, 0.3) is 0 Å². The fourth-order valence-electron chi connectivity index (χ4n) is 7.81. The Hall–Kier alpha value is -5.19. The molecule has 3 aromatic rings. The summed E-state index contributed by atoms with van der Waals surface area (Å²) in [4.78, 5) is 64.2. The Balaban J connectivity index is 0.000000262. The number of nitro benzene ring substituents is 2. The van der Waals surface area contributed by atoms with Crippen LogP contribution in [-0.2, 0) is 30.8 Å². The number of carbonyl (C=O) groups excluding carboxylic acids is 4. The minimum atomic E-state index is -3.80. The lowest BCUT2D eigenvalue weighted by Gasteiger charge is -2.25. The van der Waals surface area contributed by atoms with Crippen LogP contribution in [0.15, 0.2) is 77.7 Å². The molecular formula is C49H68N4O11S. The number of aryl methyl sites for hydroxylation is 1. The Morgan fingerprint density at radius 1 is 0.738 bits per heavy atom. The maximum Gasteiger partial charge on any atom is 0.269 e. The molecule has 6 rings (SSSR count). The molecule has 3 aliphatic rings. The standard InChI is InChI=1S/C23H38N2O3S.C13H15NO4.C7H5NO3.C6H10O/c1-2-3-4-5-6-7-8-9-10-11-13-20-15-17-21(18-16-20)29(27,28)25-23(26)22-14-12-19-24-22;15-12-4-2-1-3-11(12)13(16)9-5-7-10(8-6-9)14(17)18;9-5-6-1-3-7(4-2-6)8(10)11;7-6-4-2-1-3-5-6/h15-18,22,24H,2-14,19H2,1H3,(H,25,26);5-8,11,13,16H,1-4H2;1-5H;1-5H2/t22-;11-,13+;;/m01../s1. The number of ketones is 2. The Bertz CT molecular complexity index is 2030. The number of aliphatic hydroxyl groups is 1. The topological polar surface area (TPSA) is 233 Å². The Labute approximate surface area is 383 Å². The fraction of sp³-hybridized carbons (Fsp3) is 0.551. The Kier molecular flexibility index (Phi) is 25.1. The molecule has 15 nitrogen and oxygen atoms in total. The van der Waals surface area contributed by atoms with Crippen LogP contribution in [0.1, 0.15) is 169 Å². The van der Waals surface area contributed by atoms with Gasteiger partial charge in [-0.3, -0.25) is 39.4 Å². The number of unbranched alkanes of at least 4 members (excludes halogenated alkanes) is 9. The molecule has 1 amide bonds. The molecule has 16 heteroatoms. The average molecular weight is 921 g/mol. The van der Waals surface area contributed by atoms with E-state index in [2.05, 4.69) is 17.0 Å². The van der Waals surface area contributed by atoms with Gasteiger partial charge in [0, 0.05) is 55.0 Å². The Morgan fingerprint density at radius 2 is 1.28 bits per heavy atom. The van der Waals surface area contributed by atoms with Crippen molar-refractivity contribution in [2.45, 2.75) is 165 Å². The van der Waals surface area contributed by atoms with Crippen molar-refractivity contribution in [2.75, 3.05) is 6.54 Å². The highest BCUT2D eigenvalue weighted by molar-refractivity contribution is 7.90. The molecule has 3 fully saturated rings. The number of aliphatic hydroxyl groups excluding tert-OH is 1. The maximum atomic E-state index is 12.4. The lowest BCUT2D eigenvalue weighted by Crippen LogP contribution is -2.43. The number of nitro groups is 2.